The number of hydrogen-bond acceptors (Lipinski definition) is 3. The Bertz CT molecular complexity index is 440. The maximum Gasteiger partial charge on any atom is 0.323 e. The van der Waals surface area contributed by atoms with E-state index >= 15 is 0 Å². The van der Waals surface area contributed by atoms with Gasteiger partial charge in [-0.3, -0.25) is 9.59 Å². The van der Waals surface area contributed by atoms with Crippen LogP contribution in [0.2, 0.25) is 0 Å². The van der Waals surface area contributed by atoms with E-state index in [9.17, 15) is 9.59 Å². The van der Waals surface area contributed by atoms with Crippen LogP contribution in [0.25, 0.3) is 0 Å². The quantitative estimate of drug-likeness (QED) is 0.865. The number of nitrogens with zero attached hydrogens (tertiary/aromatic N) is 1. The lowest BCUT2D eigenvalue weighted by Crippen LogP contribution is -2.39. The van der Waals surface area contributed by atoms with Crippen LogP contribution >= 0.6 is 0 Å². The van der Waals surface area contributed by atoms with Crippen LogP contribution in [0.5, 0.6) is 0 Å². The number of carbonyl (C=O) groups is 2. The fourth-order valence-corrected chi connectivity index (χ4v) is 2.17. The van der Waals surface area contributed by atoms with Crippen molar-refractivity contribution < 1.29 is 19.4 Å². The summed E-state index contributed by atoms with van der Waals surface area (Å²) in [6, 6.07) is 9.40. The molecule has 0 spiro atoms. The number of carboxylic acid groups (broad SMARTS) is 1. The Hall–Kier alpha value is -1.88. The van der Waals surface area contributed by atoms with Crippen LogP contribution in [0, 0.1) is 5.92 Å². The number of aliphatic carboxylic acids is 1. The average Bonchev–Trinajstić information content (AvgIpc) is 2.91. The molecule has 1 aromatic rings. The van der Waals surface area contributed by atoms with Gasteiger partial charge < -0.3 is 14.7 Å². The second kappa shape index (κ2) is 6.33. The molecule has 2 rings (SSSR count). The molecule has 1 aliphatic rings. The maximum absolute atomic E-state index is 12.3. The number of amides is 1. The van der Waals surface area contributed by atoms with Gasteiger partial charge in [0, 0.05) is 13.2 Å². The van der Waals surface area contributed by atoms with Gasteiger partial charge in [0.05, 0.1) is 12.5 Å². The molecule has 1 atom stereocenters. The molecule has 19 heavy (non-hydrogen) atoms. The van der Waals surface area contributed by atoms with Crippen LogP contribution in [0.4, 0.5) is 0 Å². The van der Waals surface area contributed by atoms with Gasteiger partial charge in [-0.05, 0) is 12.0 Å². The minimum absolute atomic E-state index is 0.135. The Morgan fingerprint density at radius 1 is 1.32 bits per heavy atom. The fourth-order valence-electron chi connectivity index (χ4n) is 2.17. The molecule has 1 fully saturated rings. The lowest BCUT2D eigenvalue weighted by atomic mass is 10.1. The summed E-state index contributed by atoms with van der Waals surface area (Å²) in [6.45, 7) is 1.01. The van der Waals surface area contributed by atoms with Crippen molar-refractivity contribution in [3.8, 4) is 0 Å². The van der Waals surface area contributed by atoms with Gasteiger partial charge in [-0.2, -0.15) is 0 Å². The molecular formula is C14H17NO4. The van der Waals surface area contributed by atoms with Crippen molar-refractivity contribution in [2.75, 3.05) is 19.8 Å². The number of ether oxygens (including phenoxy) is 1. The molecule has 0 radical (unpaired) electrons. The first-order valence-electron chi connectivity index (χ1n) is 6.29. The molecule has 0 aromatic heterocycles. The molecule has 1 aliphatic heterocycles. The summed E-state index contributed by atoms with van der Waals surface area (Å²) >= 11 is 0. The Kier molecular flexibility index (Phi) is 4.52. The van der Waals surface area contributed by atoms with Gasteiger partial charge in [-0.1, -0.05) is 30.3 Å². The van der Waals surface area contributed by atoms with Gasteiger partial charge in [0.1, 0.15) is 6.54 Å². The highest BCUT2D eigenvalue weighted by Crippen LogP contribution is 2.17. The van der Waals surface area contributed by atoms with Crippen molar-refractivity contribution in [2.45, 2.75) is 13.0 Å². The van der Waals surface area contributed by atoms with E-state index in [1.165, 1.54) is 4.90 Å². The molecule has 0 saturated carbocycles. The summed E-state index contributed by atoms with van der Waals surface area (Å²) in [5.74, 6) is -1.34. The Labute approximate surface area is 111 Å². The first-order chi connectivity index (χ1) is 9.16. The zero-order chi connectivity index (χ0) is 13.7. The van der Waals surface area contributed by atoms with Gasteiger partial charge in [-0.25, -0.2) is 0 Å². The zero-order valence-corrected chi connectivity index (χ0v) is 10.6. The van der Waals surface area contributed by atoms with Crippen molar-refractivity contribution in [3.05, 3.63) is 35.9 Å². The predicted molar refractivity (Wildman–Crippen MR) is 68.4 cm³/mol. The number of carboxylic acids is 1. The number of rotatable bonds is 5. The van der Waals surface area contributed by atoms with Crippen molar-refractivity contribution in [1.82, 2.24) is 4.90 Å². The van der Waals surface area contributed by atoms with Gasteiger partial charge >= 0.3 is 5.97 Å². The third-order valence-electron chi connectivity index (χ3n) is 3.13. The lowest BCUT2D eigenvalue weighted by Gasteiger charge is -2.23. The minimum Gasteiger partial charge on any atom is -0.480 e. The average molecular weight is 263 g/mol. The van der Waals surface area contributed by atoms with E-state index < -0.39 is 5.97 Å². The molecule has 102 valence electrons. The van der Waals surface area contributed by atoms with Crippen molar-refractivity contribution in [3.63, 3.8) is 0 Å². The predicted octanol–water partition coefficient (Wildman–Crippen LogP) is 1.14. The highest BCUT2D eigenvalue weighted by molar-refractivity contribution is 5.83. The van der Waals surface area contributed by atoms with E-state index in [-0.39, 0.29) is 18.4 Å². The largest absolute Gasteiger partial charge is 0.480 e. The maximum atomic E-state index is 12.3. The van der Waals surface area contributed by atoms with E-state index in [1.807, 2.05) is 30.3 Å². The van der Waals surface area contributed by atoms with E-state index in [0.717, 1.165) is 5.56 Å². The van der Waals surface area contributed by atoms with Crippen LogP contribution in [0.3, 0.4) is 0 Å². The topological polar surface area (TPSA) is 66.8 Å². The van der Waals surface area contributed by atoms with Gasteiger partial charge in [0.15, 0.2) is 0 Å². The van der Waals surface area contributed by atoms with Crippen molar-refractivity contribution in [2.24, 2.45) is 5.92 Å². The molecular weight excluding hydrogens is 246 g/mol. The Morgan fingerprint density at radius 2 is 2.05 bits per heavy atom. The second-order valence-electron chi connectivity index (χ2n) is 4.63. The molecule has 0 unspecified atom stereocenters. The molecule has 5 heteroatoms. The standard InChI is InChI=1S/C14H17NO4/c16-13(17)9-15(8-11-4-2-1-3-5-11)14(18)12-6-7-19-10-12/h1-5,12H,6-10H2,(H,16,17)/t12-/m0/s1. The number of benzene rings is 1. The van der Waals surface area contributed by atoms with Crippen LogP contribution < -0.4 is 0 Å². The molecule has 1 aromatic carbocycles. The van der Waals surface area contributed by atoms with Crippen molar-refractivity contribution >= 4 is 11.9 Å². The Balaban J connectivity index is 2.06. The smallest absolute Gasteiger partial charge is 0.323 e. The van der Waals surface area contributed by atoms with E-state index in [2.05, 4.69) is 0 Å². The van der Waals surface area contributed by atoms with Crippen LogP contribution in [-0.4, -0.2) is 41.6 Å². The molecule has 1 heterocycles. The highest BCUT2D eigenvalue weighted by atomic mass is 16.5. The first-order valence-corrected chi connectivity index (χ1v) is 6.29. The normalized spacial score (nSPS) is 18.2. The number of carbonyl (C=O) groups excluding carboxylic acids is 1. The summed E-state index contributed by atoms with van der Waals surface area (Å²) in [7, 11) is 0. The molecule has 0 bridgehead atoms. The third kappa shape index (κ3) is 3.79. The fraction of sp³-hybridized carbons (Fsp3) is 0.429. The number of hydrogen-bond donors (Lipinski definition) is 1. The van der Waals surface area contributed by atoms with Crippen LogP contribution in [0.1, 0.15) is 12.0 Å². The summed E-state index contributed by atoms with van der Waals surface area (Å²) in [4.78, 5) is 24.5. The summed E-state index contributed by atoms with van der Waals surface area (Å²) in [6.07, 6.45) is 0.670. The monoisotopic (exact) mass is 263 g/mol. The summed E-state index contributed by atoms with van der Waals surface area (Å²) in [5, 5.41) is 8.93. The molecule has 1 saturated heterocycles. The van der Waals surface area contributed by atoms with E-state index in [1.54, 1.807) is 0 Å². The van der Waals surface area contributed by atoms with E-state index in [4.69, 9.17) is 9.84 Å². The SMILES string of the molecule is O=C(O)CN(Cc1ccccc1)C(=O)[C@H]1CCOC1. The first kappa shape index (κ1) is 13.5. The van der Waals surface area contributed by atoms with Gasteiger partial charge in [0.2, 0.25) is 5.91 Å². The van der Waals surface area contributed by atoms with Crippen molar-refractivity contribution in [1.29, 1.82) is 0 Å². The summed E-state index contributed by atoms with van der Waals surface area (Å²) in [5.41, 5.74) is 0.927. The second-order valence-corrected chi connectivity index (χ2v) is 4.63. The van der Waals surface area contributed by atoms with E-state index in [0.29, 0.717) is 26.2 Å². The molecule has 1 amide bonds. The molecule has 5 nitrogen and oxygen atoms in total. The minimum atomic E-state index is -0.997. The zero-order valence-electron chi connectivity index (χ0n) is 10.6. The van der Waals surface area contributed by atoms with Gasteiger partial charge in [0.25, 0.3) is 0 Å². The molecule has 0 aliphatic carbocycles. The Morgan fingerprint density at radius 3 is 2.63 bits per heavy atom. The van der Waals surface area contributed by atoms with Gasteiger partial charge in [-0.15, -0.1) is 0 Å². The van der Waals surface area contributed by atoms with Crippen LogP contribution in [-0.2, 0) is 20.9 Å². The highest BCUT2D eigenvalue weighted by Gasteiger charge is 2.29. The van der Waals surface area contributed by atoms with Crippen LogP contribution in [0.15, 0.2) is 30.3 Å². The third-order valence-corrected chi connectivity index (χ3v) is 3.13. The molecule has 1 N–H and O–H groups in total. The lowest BCUT2D eigenvalue weighted by molar-refractivity contribution is -0.146. The summed E-state index contributed by atoms with van der Waals surface area (Å²) < 4.78 is 5.19.